The zero-order valence-electron chi connectivity index (χ0n) is 20.2. The molecular weight excluding hydrogens is 426 g/mol. The summed E-state index contributed by atoms with van der Waals surface area (Å²) in [6.07, 6.45) is 2.31. The Balaban J connectivity index is 1.70. The molecule has 0 aromatic heterocycles. The standard InChI is InChI=1S/C24H33N3O6/c1-13(2)11-25-8-7-14(20(25)28)9-15-10-16-12-26(23(31)32-6)19-17(16)27(21(19)29)18(15)22(30)33-24(3,4)5/h9,13,16-17,19H,7-8,10-12H2,1-6H3/b14-9+/t16?,17-,19?/m1/s1. The molecule has 9 nitrogen and oxygen atoms in total. The first-order valence-corrected chi connectivity index (χ1v) is 11.6. The van der Waals surface area contributed by atoms with Crippen molar-refractivity contribution in [2.75, 3.05) is 26.7 Å². The van der Waals surface area contributed by atoms with Gasteiger partial charge in [0.25, 0.3) is 5.91 Å². The Morgan fingerprint density at radius 3 is 2.52 bits per heavy atom. The zero-order valence-corrected chi connectivity index (χ0v) is 20.2. The molecule has 3 atom stereocenters. The highest BCUT2D eigenvalue weighted by Gasteiger charge is 2.64. The summed E-state index contributed by atoms with van der Waals surface area (Å²) >= 11 is 0. The fourth-order valence-corrected chi connectivity index (χ4v) is 5.35. The largest absolute Gasteiger partial charge is 0.455 e. The van der Waals surface area contributed by atoms with Crippen LogP contribution in [0.15, 0.2) is 22.9 Å². The van der Waals surface area contributed by atoms with Crippen LogP contribution in [0.4, 0.5) is 4.79 Å². The Morgan fingerprint density at radius 1 is 1.21 bits per heavy atom. The lowest BCUT2D eigenvalue weighted by atomic mass is 9.79. The van der Waals surface area contributed by atoms with Gasteiger partial charge in [-0.3, -0.25) is 19.4 Å². The van der Waals surface area contributed by atoms with Gasteiger partial charge in [0, 0.05) is 31.1 Å². The molecule has 0 spiro atoms. The van der Waals surface area contributed by atoms with E-state index in [4.69, 9.17) is 9.47 Å². The predicted molar refractivity (Wildman–Crippen MR) is 119 cm³/mol. The number of methoxy groups -OCH3 is 1. The molecule has 0 radical (unpaired) electrons. The third-order valence-corrected chi connectivity index (χ3v) is 6.54. The molecule has 0 N–H and O–H groups in total. The van der Waals surface area contributed by atoms with Crippen molar-refractivity contribution in [3.8, 4) is 0 Å². The highest BCUT2D eigenvalue weighted by atomic mass is 16.6. The number of ether oxygens (including phenoxy) is 2. The first kappa shape index (κ1) is 23.3. The third-order valence-electron chi connectivity index (χ3n) is 6.54. The van der Waals surface area contributed by atoms with Crippen LogP contribution in [0.1, 0.15) is 47.5 Å². The Morgan fingerprint density at radius 2 is 1.91 bits per heavy atom. The number of allylic oxidation sites excluding steroid dienone is 2. The van der Waals surface area contributed by atoms with Gasteiger partial charge in [-0.2, -0.15) is 0 Å². The summed E-state index contributed by atoms with van der Waals surface area (Å²) < 4.78 is 10.5. The lowest BCUT2D eigenvalue weighted by molar-refractivity contribution is -0.163. The Hall–Kier alpha value is -2.84. The van der Waals surface area contributed by atoms with Gasteiger partial charge in [0.1, 0.15) is 17.3 Å². The van der Waals surface area contributed by atoms with Crippen molar-refractivity contribution >= 4 is 23.9 Å². The van der Waals surface area contributed by atoms with Crippen molar-refractivity contribution < 1.29 is 28.7 Å². The van der Waals surface area contributed by atoms with Gasteiger partial charge < -0.3 is 14.4 Å². The van der Waals surface area contributed by atoms with E-state index in [1.54, 1.807) is 26.8 Å². The van der Waals surface area contributed by atoms with Gasteiger partial charge in [0.05, 0.1) is 13.2 Å². The van der Waals surface area contributed by atoms with E-state index in [2.05, 4.69) is 13.8 Å². The highest BCUT2D eigenvalue weighted by Crippen LogP contribution is 2.48. The molecule has 4 aliphatic heterocycles. The third kappa shape index (κ3) is 4.02. The van der Waals surface area contributed by atoms with Gasteiger partial charge in [-0.05, 0) is 51.2 Å². The maximum absolute atomic E-state index is 13.2. The van der Waals surface area contributed by atoms with E-state index in [0.29, 0.717) is 49.5 Å². The number of nitrogens with zero attached hydrogens (tertiary/aromatic N) is 3. The Bertz CT molecular complexity index is 960. The SMILES string of the molecule is COC(=O)N1CC2CC(/C=C3\CCN(CC(C)C)C3=O)=C(C(=O)OC(C)(C)C)N3C(=O)C1[C@@H]23. The van der Waals surface area contributed by atoms with Gasteiger partial charge in [0.15, 0.2) is 0 Å². The fourth-order valence-electron chi connectivity index (χ4n) is 5.35. The molecule has 4 aliphatic rings. The lowest BCUT2D eigenvalue weighted by Crippen LogP contribution is -2.69. The van der Waals surface area contributed by atoms with Crippen LogP contribution in [0.3, 0.4) is 0 Å². The molecule has 4 rings (SSSR count). The van der Waals surface area contributed by atoms with Gasteiger partial charge >= 0.3 is 12.1 Å². The average Bonchev–Trinajstić information content (AvgIpc) is 3.24. The number of esters is 1. The van der Waals surface area contributed by atoms with E-state index in [1.807, 2.05) is 4.90 Å². The van der Waals surface area contributed by atoms with E-state index < -0.39 is 23.7 Å². The van der Waals surface area contributed by atoms with Crippen molar-refractivity contribution in [3.05, 3.63) is 22.9 Å². The van der Waals surface area contributed by atoms with Crippen LogP contribution in [0.25, 0.3) is 0 Å². The summed E-state index contributed by atoms with van der Waals surface area (Å²) in [6.45, 7) is 11.1. The van der Waals surface area contributed by atoms with Gasteiger partial charge in [0.2, 0.25) is 5.91 Å². The van der Waals surface area contributed by atoms with Crippen molar-refractivity contribution in [1.29, 1.82) is 0 Å². The minimum Gasteiger partial charge on any atom is -0.455 e. The first-order valence-electron chi connectivity index (χ1n) is 11.6. The number of likely N-dealkylation sites (tertiary alicyclic amines) is 2. The van der Waals surface area contributed by atoms with Crippen LogP contribution in [0.5, 0.6) is 0 Å². The molecular formula is C24H33N3O6. The summed E-state index contributed by atoms with van der Waals surface area (Å²) in [5.41, 5.74) is 0.718. The number of amides is 3. The predicted octanol–water partition coefficient (Wildman–Crippen LogP) is 2.08. The number of hydrogen-bond acceptors (Lipinski definition) is 6. The van der Waals surface area contributed by atoms with E-state index in [1.165, 1.54) is 16.9 Å². The molecule has 0 aromatic carbocycles. The molecule has 0 bridgehead atoms. The number of carbonyl (C=O) groups is 4. The van der Waals surface area contributed by atoms with Crippen molar-refractivity contribution in [3.63, 3.8) is 0 Å². The van der Waals surface area contributed by atoms with Crippen LogP contribution in [0.2, 0.25) is 0 Å². The lowest BCUT2D eigenvalue weighted by Gasteiger charge is -2.49. The monoisotopic (exact) mass is 459 g/mol. The average molecular weight is 460 g/mol. The summed E-state index contributed by atoms with van der Waals surface area (Å²) in [5.74, 6) is -0.603. The maximum atomic E-state index is 13.2. The first-order chi connectivity index (χ1) is 15.4. The minimum absolute atomic E-state index is 0.0303. The van der Waals surface area contributed by atoms with Crippen LogP contribution >= 0.6 is 0 Å². The molecule has 0 aliphatic carbocycles. The Kier molecular flexibility index (Phi) is 5.78. The van der Waals surface area contributed by atoms with E-state index in [9.17, 15) is 19.2 Å². The topological polar surface area (TPSA) is 96.5 Å². The summed E-state index contributed by atoms with van der Waals surface area (Å²) in [6, 6.07) is -0.901. The van der Waals surface area contributed by atoms with Gasteiger partial charge in [-0.15, -0.1) is 0 Å². The van der Waals surface area contributed by atoms with Crippen LogP contribution in [-0.4, -0.2) is 83.0 Å². The van der Waals surface area contributed by atoms with Crippen LogP contribution in [0, 0.1) is 11.8 Å². The fraction of sp³-hybridized carbons (Fsp3) is 0.667. The second kappa shape index (κ2) is 8.18. The molecule has 2 unspecified atom stereocenters. The zero-order chi connectivity index (χ0) is 24.2. The number of hydrogen-bond donors (Lipinski definition) is 0. The van der Waals surface area contributed by atoms with E-state index in [0.717, 1.165) is 0 Å². The van der Waals surface area contributed by atoms with Crippen LogP contribution in [-0.2, 0) is 23.9 Å². The quantitative estimate of drug-likeness (QED) is 0.363. The molecule has 180 valence electrons. The second-order valence-corrected chi connectivity index (χ2v) is 10.7. The smallest absolute Gasteiger partial charge is 0.410 e. The summed E-state index contributed by atoms with van der Waals surface area (Å²) in [5, 5.41) is 0. The molecule has 9 heteroatoms. The number of carbonyl (C=O) groups excluding carboxylic acids is 4. The van der Waals surface area contributed by atoms with Crippen LogP contribution < -0.4 is 0 Å². The molecule has 4 heterocycles. The van der Waals surface area contributed by atoms with E-state index in [-0.39, 0.29) is 29.5 Å². The number of rotatable bonds is 4. The molecule has 3 saturated heterocycles. The molecule has 3 fully saturated rings. The van der Waals surface area contributed by atoms with E-state index >= 15 is 0 Å². The van der Waals surface area contributed by atoms with Gasteiger partial charge in [-0.1, -0.05) is 13.8 Å². The molecule has 3 amide bonds. The molecule has 0 aromatic rings. The summed E-state index contributed by atoms with van der Waals surface area (Å²) in [4.78, 5) is 56.3. The number of β-lactam (4-membered cyclic amide) rings is 1. The highest BCUT2D eigenvalue weighted by molar-refractivity contribution is 6.03. The molecule has 33 heavy (non-hydrogen) atoms. The molecule has 0 saturated carbocycles. The normalized spacial score (nSPS) is 28.0. The van der Waals surface area contributed by atoms with Crippen molar-refractivity contribution in [2.24, 2.45) is 11.8 Å². The van der Waals surface area contributed by atoms with Gasteiger partial charge in [-0.25, -0.2) is 9.59 Å². The maximum Gasteiger partial charge on any atom is 0.410 e. The van der Waals surface area contributed by atoms with Crippen molar-refractivity contribution in [1.82, 2.24) is 14.7 Å². The van der Waals surface area contributed by atoms with Crippen molar-refractivity contribution in [2.45, 2.75) is 65.1 Å². The minimum atomic E-state index is -0.739. The second-order valence-electron chi connectivity index (χ2n) is 10.7. The summed E-state index contributed by atoms with van der Waals surface area (Å²) in [7, 11) is 1.29. The Labute approximate surface area is 194 Å².